The van der Waals surface area contributed by atoms with Crippen LogP contribution in [0.25, 0.3) is 11.3 Å². The second kappa shape index (κ2) is 8.61. The molecule has 2 heterocycles. The predicted octanol–water partition coefficient (Wildman–Crippen LogP) is 2.64. The zero-order valence-electron chi connectivity index (χ0n) is 15.0. The van der Waals surface area contributed by atoms with Crippen molar-refractivity contribution in [2.45, 2.75) is 6.92 Å². The molecular weight excluding hydrogens is 346 g/mol. The van der Waals surface area contributed by atoms with Crippen LogP contribution in [-0.4, -0.2) is 41.0 Å². The van der Waals surface area contributed by atoms with Crippen LogP contribution in [0.2, 0.25) is 0 Å². The van der Waals surface area contributed by atoms with Crippen LogP contribution in [0.5, 0.6) is 11.5 Å². The van der Waals surface area contributed by atoms with Gasteiger partial charge >= 0.3 is 0 Å². The maximum Gasteiger partial charge on any atom is 0.289 e. The van der Waals surface area contributed by atoms with Crippen molar-refractivity contribution in [3.8, 4) is 22.8 Å². The maximum atomic E-state index is 12.2. The van der Waals surface area contributed by atoms with Crippen LogP contribution in [-0.2, 0) is 0 Å². The van der Waals surface area contributed by atoms with Gasteiger partial charge in [-0.3, -0.25) is 14.9 Å². The number of H-pyrrole nitrogens is 1. The number of methoxy groups -OCH3 is 1. The van der Waals surface area contributed by atoms with Gasteiger partial charge in [0, 0.05) is 23.5 Å². The van der Waals surface area contributed by atoms with E-state index in [4.69, 9.17) is 9.47 Å². The van der Waals surface area contributed by atoms with E-state index in [1.165, 1.54) is 6.21 Å². The molecule has 138 valence electrons. The Morgan fingerprint density at radius 3 is 2.93 bits per heavy atom. The molecule has 3 rings (SSSR count). The Balaban J connectivity index is 1.70. The number of aromatic amines is 1. The Morgan fingerprint density at radius 1 is 1.30 bits per heavy atom. The molecule has 0 bridgehead atoms. The van der Waals surface area contributed by atoms with Crippen LogP contribution in [0.3, 0.4) is 0 Å². The second-order valence-electron chi connectivity index (χ2n) is 5.45. The average Bonchev–Trinajstić information content (AvgIpc) is 3.19. The van der Waals surface area contributed by atoms with Crippen molar-refractivity contribution in [1.82, 2.24) is 20.6 Å². The monoisotopic (exact) mass is 365 g/mol. The number of ether oxygens (including phenoxy) is 2. The minimum atomic E-state index is -0.396. The smallest absolute Gasteiger partial charge is 0.289 e. The topological polar surface area (TPSA) is 101 Å². The molecule has 0 aliphatic rings. The van der Waals surface area contributed by atoms with E-state index in [-0.39, 0.29) is 0 Å². The standard InChI is InChI=1S/C19H19N5O3/c1-3-27-17-7-6-14(9-18(17)26-2)15-10-16(23-22-15)19(25)24-21-12-13-5-4-8-20-11-13/h4-12H,3H2,1-2H3,(H,22,23)(H,24,25)/b21-12-. The lowest BCUT2D eigenvalue weighted by Crippen LogP contribution is -2.18. The van der Waals surface area contributed by atoms with Crippen molar-refractivity contribution in [2.24, 2.45) is 5.10 Å². The van der Waals surface area contributed by atoms with Crippen LogP contribution >= 0.6 is 0 Å². The number of hydrogen-bond acceptors (Lipinski definition) is 6. The quantitative estimate of drug-likeness (QED) is 0.495. The van der Waals surface area contributed by atoms with E-state index in [9.17, 15) is 4.79 Å². The number of carbonyl (C=O) groups excluding carboxylic acids is 1. The van der Waals surface area contributed by atoms with Gasteiger partial charge in [-0.25, -0.2) is 5.43 Å². The Morgan fingerprint density at radius 2 is 2.19 bits per heavy atom. The van der Waals surface area contributed by atoms with Gasteiger partial charge in [0.1, 0.15) is 5.69 Å². The van der Waals surface area contributed by atoms with Gasteiger partial charge in [-0.1, -0.05) is 6.07 Å². The molecule has 0 aliphatic heterocycles. The van der Waals surface area contributed by atoms with E-state index in [0.717, 1.165) is 11.1 Å². The summed E-state index contributed by atoms with van der Waals surface area (Å²) in [6.45, 7) is 2.45. The fourth-order valence-electron chi connectivity index (χ4n) is 2.37. The number of aromatic nitrogens is 3. The SMILES string of the molecule is CCOc1ccc(-c2cc(C(=O)N/N=C\c3cccnc3)[nH]n2)cc1OC. The van der Waals surface area contributed by atoms with Crippen molar-refractivity contribution in [1.29, 1.82) is 0 Å². The summed E-state index contributed by atoms with van der Waals surface area (Å²) in [4.78, 5) is 16.2. The molecule has 2 aromatic heterocycles. The number of nitrogens with zero attached hydrogens (tertiary/aromatic N) is 3. The van der Waals surface area contributed by atoms with Gasteiger partial charge in [0.25, 0.3) is 5.91 Å². The van der Waals surface area contributed by atoms with Gasteiger partial charge in [-0.2, -0.15) is 10.2 Å². The molecule has 0 unspecified atom stereocenters. The van der Waals surface area contributed by atoms with Crippen LogP contribution in [0.1, 0.15) is 23.0 Å². The molecule has 8 heteroatoms. The summed E-state index contributed by atoms with van der Waals surface area (Å²) in [5.74, 6) is 0.859. The van der Waals surface area contributed by atoms with E-state index in [0.29, 0.717) is 29.5 Å². The summed E-state index contributed by atoms with van der Waals surface area (Å²) >= 11 is 0. The lowest BCUT2D eigenvalue weighted by Gasteiger charge is -2.09. The predicted molar refractivity (Wildman–Crippen MR) is 101 cm³/mol. The van der Waals surface area contributed by atoms with Crippen LogP contribution in [0, 0.1) is 0 Å². The normalized spacial score (nSPS) is 10.7. The third kappa shape index (κ3) is 4.49. The molecule has 8 nitrogen and oxygen atoms in total. The third-order valence-corrected chi connectivity index (χ3v) is 3.65. The lowest BCUT2D eigenvalue weighted by molar-refractivity contribution is 0.0950. The summed E-state index contributed by atoms with van der Waals surface area (Å²) in [5.41, 5.74) is 4.93. The summed E-state index contributed by atoms with van der Waals surface area (Å²) in [5, 5.41) is 10.8. The van der Waals surface area contributed by atoms with Gasteiger partial charge in [0.2, 0.25) is 0 Å². The summed E-state index contributed by atoms with van der Waals surface area (Å²) in [6, 6.07) is 10.7. The van der Waals surface area contributed by atoms with Crippen LogP contribution in [0.15, 0.2) is 53.9 Å². The van der Waals surface area contributed by atoms with Gasteiger partial charge < -0.3 is 9.47 Å². The first kappa shape index (κ1) is 18.1. The molecule has 1 amide bonds. The minimum absolute atomic E-state index is 0.293. The summed E-state index contributed by atoms with van der Waals surface area (Å²) < 4.78 is 10.8. The van der Waals surface area contributed by atoms with E-state index in [1.54, 1.807) is 31.6 Å². The first-order chi connectivity index (χ1) is 13.2. The second-order valence-corrected chi connectivity index (χ2v) is 5.45. The molecule has 27 heavy (non-hydrogen) atoms. The van der Waals surface area contributed by atoms with Crippen LogP contribution < -0.4 is 14.9 Å². The molecule has 0 aliphatic carbocycles. The number of rotatable bonds is 7. The molecule has 3 aromatic rings. The van der Waals surface area contributed by atoms with E-state index in [2.05, 4.69) is 25.7 Å². The zero-order valence-corrected chi connectivity index (χ0v) is 15.0. The van der Waals surface area contributed by atoms with Gasteiger partial charge in [0.15, 0.2) is 11.5 Å². The third-order valence-electron chi connectivity index (χ3n) is 3.65. The highest BCUT2D eigenvalue weighted by molar-refractivity contribution is 5.94. The highest BCUT2D eigenvalue weighted by Crippen LogP contribution is 2.32. The maximum absolute atomic E-state index is 12.2. The highest BCUT2D eigenvalue weighted by atomic mass is 16.5. The minimum Gasteiger partial charge on any atom is -0.493 e. The Bertz CT molecular complexity index is 938. The Hall–Kier alpha value is -3.68. The van der Waals surface area contributed by atoms with E-state index in [1.807, 2.05) is 31.2 Å². The van der Waals surface area contributed by atoms with Crippen LogP contribution in [0.4, 0.5) is 0 Å². The molecule has 0 saturated heterocycles. The van der Waals surface area contributed by atoms with Gasteiger partial charge in [-0.15, -0.1) is 0 Å². The molecule has 0 spiro atoms. The molecule has 1 aromatic carbocycles. The number of hydrazone groups is 1. The molecule has 0 saturated carbocycles. The van der Waals surface area contributed by atoms with Crippen molar-refractivity contribution < 1.29 is 14.3 Å². The van der Waals surface area contributed by atoms with Crippen molar-refractivity contribution in [3.05, 3.63) is 60.0 Å². The first-order valence-electron chi connectivity index (χ1n) is 8.31. The largest absolute Gasteiger partial charge is 0.493 e. The van der Waals surface area contributed by atoms with Gasteiger partial charge in [0.05, 0.1) is 25.6 Å². The fraction of sp³-hybridized carbons (Fsp3) is 0.158. The summed E-state index contributed by atoms with van der Waals surface area (Å²) in [6.07, 6.45) is 4.82. The number of hydrogen-bond donors (Lipinski definition) is 2. The lowest BCUT2D eigenvalue weighted by atomic mass is 10.1. The fourth-order valence-corrected chi connectivity index (χ4v) is 2.37. The zero-order chi connectivity index (χ0) is 19.1. The molecule has 0 atom stereocenters. The Labute approximate surface area is 156 Å². The number of nitrogens with one attached hydrogen (secondary N) is 2. The average molecular weight is 365 g/mol. The molecular formula is C19H19N5O3. The Kier molecular flexibility index (Phi) is 5.78. The molecule has 0 fully saturated rings. The van der Waals surface area contributed by atoms with E-state index >= 15 is 0 Å². The number of pyridine rings is 1. The molecule has 0 radical (unpaired) electrons. The van der Waals surface area contributed by atoms with Gasteiger partial charge in [-0.05, 0) is 37.3 Å². The highest BCUT2D eigenvalue weighted by Gasteiger charge is 2.12. The number of carbonyl (C=O) groups is 1. The van der Waals surface area contributed by atoms with Crippen molar-refractivity contribution >= 4 is 12.1 Å². The van der Waals surface area contributed by atoms with Crippen molar-refractivity contribution in [2.75, 3.05) is 13.7 Å². The van der Waals surface area contributed by atoms with E-state index < -0.39 is 5.91 Å². The number of amides is 1. The first-order valence-corrected chi connectivity index (χ1v) is 8.31. The number of benzene rings is 1. The van der Waals surface area contributed by atoms with Crippen molar-refractivity contribution in [3.63, 3.8) is 0 Å². The summed E-state index contributed by atoms with van der Waals surface area (Å²) in [7, 11) is 1.57. The molecule has 2 N–H and O–H groups in total.